The van der Waals surface area contributed by atoms with Gasteiger partial charge in [0, 0.05) is 11.1 Å². The Morgan fingerprint density at radius 2 is 1.94 bits per heavy atom. The highest BCUT2D eigenvalue weighted by Gasteiger charge is 2.65. The minimum atomic E-state index is -4.60. The molecule has 1 aromatic carbocycles. The Hall–Kier alpha value is -1.43. The van der Waals surface area contributed by atoms with E-state index in [1.807, 2.05) is 0 Å². The van der Waals surface area contributed by atoms with Crippen molar-refractivity contribution in [2.24, 2.45) is 10.2 Å². The molecule has 16 heavy (non-hydrogen) atoms. The average Bonchev–Trinajstić information content (AvgIpc) is 2.97. The third-order valence-corrected chi connectivity index (χ3v) is 2.41. The number of halogens is 4. The summed E-state index contributed by atoms with van der Waals surface area (Å²) in [6, 6.07) is 4.88. The largest absolute Gasteiger partial charge is 0.442 e. The van der Waals surface area contributed by atoms with Gasteiger partial charge in [0.2, 0.25) is 0 Å². The molecule has 0 saturated heterocycles. The molecule has 0 radical (unpaired) electrons. The second-order valence-electron chi connectivity index (χ2n) is 3.22. The van der Waals surface area contributed by atoms with Gasteiger partial charge in [-0.3, -0.25) is 4.79 Å². The molecule has 0 aliphatic carbocycles. The maximum absolute atomic E-state index is 12.6. The molecule has 0 N–H and O–H groups in total. The van der Waals surface area contributed by atoms with Gasteiger partial charge in [0.15, 0.2) is 0 Å². The van der Waals surface area contributed by atoms with Crippen LogP contribution in [0.4, 0.5) is 13.2 Å². The van der Waals surface area contributed by atoms with E-state index in [4.69, 9.17) is 11.6 Å². The Balaban J connectivity index is 2.42. The van der Waals surface area contributed by atoms with Crippen LogP contribution < -0.4 is 0 Å². The van der Waals surface area contributed by atoms with Crippen molar-refractivity contribution in [3.05, 3.63) is 35.4 Å². The highest BCUT2D eigenvalue weighted by Crippen LogP contribution is 2.52. The van der Waals surface area contributed by atoms with Crippen molar-refractivity contribution in [3.63, 3.8) is 0 Å². The second-order valence-corrected chi connectivity index (χ2v) is 3.57. The molecule has 7 heteroatoms. The van der Waals surface area contributed by atoms with Gasteiger partial charge in [-0.05, 0) is 17.7 Å². The summed E-state index contributed by atoms with van der Waals surface area (Å²) in [4.78, 5) is 10.8. The molecule has 1 aliphatic rings. The average molecular weight is 249 g/mol. The monoisotopic (exact) mass is 248 g/mol. The Labute approximate surface area is 92.9 Å². The van der Waals surface area contributed by atoms with Crippen LogP contribution in [0.15, 0.2) is 34.5 Å². The number of hydrogen-bond acceptors (Lipinski definition) is 3. The van der Waals surface area contributed by atoms with E-state index in [1.165, 1.54) is 18.2 Å². The van der Waals surface area contributed by atoms with E-state index in [2.05, 4.69) is 10.2 Å². The lowest BCUT2D eigenvalue weighted by Crippen LogP contribution is -2.30. The van der Waals surface area contributed by atoms with Gasteiger partial charge < -0.3 is 0 Å². The van der Waals surface area contributed by atoms with Gasteiger partial charge in [-0.25, -0.2) is 0 Å². The summed E-state index contributed by atoms with van der Waals surface area (Å²) in [5, 5.41) is 5.22. The van der Waals surface area contributed by atoms with Crippen molar-refractivity contribution in [2.45, 2.75) is 11.8 Å². The molecule has 0 fully saturated rings. The Bertz CT molecular complexity index is 478. The van der Waals surface area contributed by atoms with Gasteiger partial charge in [-0.1, -0.05) is 18.2 Å². The number of benzene rings is 1. The Morgan fingerprint density at radius 1 is 1.31 bits per heavy atom. The van der Waals surface area contributed by atoms with Crippen LogP contribution in [0.25, 0.3) is 0 Å². The molecule has 0 amide bonds. The summed E-state index contributed by atoms with van der Waals surface area (Å²) >= 11 is 5.18. The molecule has 2 rings (SSSR count). The Morgan fingerprint density at radius 3 is 2.38 bits per heavy atom. The minimum absolute atomic E-state index is 0.0138. The van der Waals surface area contributed by atoms with Crippen LogP contribution in [0, 0.1) is 0 Å². The van der Waals surface area contributed by atoms with Crippen molar-refractivity contribution in [3.8, 4) is 0 Å². The molecule has 84 valence electrons. The molecule has 0 bridgehead atoms. The second kappa shape index (κ2) is 3.28. The number of carbonyl (C=O) groups is 1. The fraction of sp³-hybridized carbons (Fsp3) is 0.222. The molecular formula is C9H4ClF3N2O. The first kappa shape index (κ1) is 11.1. The molecule has 0 unspecified atom stereocenters. The van der Waals surface area contributed by atoms with E-state index in [0.29, 0.717) is 0 Å². The lowest BCUT2D eigenvalue weighted by Gasteiger charge is -2.14. The van der Waals surface area contributed by atoms with E-state index >= 15 is 0 Å². The van der Waals surface area contributed by atoms with Crippen molar-refractivity contribution >= 4 is 16.8 Å². The first-order valence-corrected chi connectivity index (χ1v) is 4.56. The zero-order valence-electron chi connectivity index (χ0n) is 7.62. The molecular weight excluding hydrogens is 245 g/mol. The summed E-state index contributed by atoms with van der Waals surface area (Å²) in [6.07, 6.45) is -4.60. The van der Waals surface area contributed by atoms with Gasteiger partial charge in [0.1, 0.15) is 0 Å². The maximum atomic E-state index is 12.6. The van der Waals surface area contributed by atoms with Gasteiger partial charge in [0.25, 0.3) is 5.24 Å². The van der Waals surface area contributed by atoms with E-state index in [1.54, 1.807) is 0 Å². The first-order valence-electron chi connectivity index (χ1n) is 4.18. The van der Waals surface area contributed by atoms with Crippen molar-refractivity contribution < 1.29 is 18.0 Å². The van der Waals surface area contributed by atoms with Gasteiger partial charge in [0.05, 0.1) is 0 Å². The lowest BCUT2D eigenvalue weighted by atomic mass is 10.0. The van der Waals surface area contributed by atoms with E-state index in [0.717, 1.165) is 6.07 Å². The third kappa shape index (κ3) is 1.59. The summed E-state index contributed by atoms with van der Waals surface area (Å²) in [5.74, 6) is 0. The first-order chi connectivity index (χ1) is 7.37. The molecule has 0 saturated carbocycles. The molecule has 0 spiro atoms. The quantitative estimate of drug-likeness (QED) is 0.741. The van der Waals surface area contributed by atoms with E-state index in [-0.39, 0.29) is 11.1 Å². The predicted molar refractivity (Wildman–Crippen MR) is 49.2 cm³/mol. The highest BCUT2D eigenvalue weighted by atomic mass is 35.5. The van der Waals surface area contributed by atoms with Crippen LogP contribution in [-0.4, -0.2) is 11.4 Å². The lowest BCUT2D eigenvalue weighted by molar-refractivity contribution is -0.166. The number of carbonyl (C=O) groups excluding carboxylic acids is 1. The normalized spacial score (nSPS) is 17.2. The number of rotatable bonds is 2. The highest BCUT2D eigenvalue weighted by molar-refractivity contribution is 6.67. The molecule has 3 nitrogen and oxygen atoms in total. The molecule has 1 aromatic rings. The maximum Gasteiger partial charge on any atom is 0.442 e. The Kier molecular flexibility index (Phi) is 2.27. The van der Waals surface area contributed by atoms with Crippen molar-refractivity contribution in [1.29, 1.82) is 0 Å². The van der Waals surface area contributed by atoms with Gasteiger partial charge in [-0.15, -0.1) is 10.2 Å². The fourth-order valence-electron chi connectivity index (χ4n) is 1.30. The van der Waals surface area contributed by atoms with Crippen LogP contribution in [0.5, 0.6) is 0 Å². The van der Waals surface area contributed by atoms with Crippen LogP contribution >= 0.6 is 11.6 Å². The van der Waals surface area contributed by atoms with Crippen LogP contribution in [-0.2, 0) is 5.66 Å². The smallest absolute Gasteiger partial charge is 0.276 e. The topological polar surface area (TPSA) is 41.8 Å². The van der Waals surface area contributed by atoms with Gasteiger partial charge >= 0.3 is 11.8 Å². The van der Waals surface area contributed by atoms with Crippen LogP contribution in [0.1, 0.15) is 15.9 Å². The zero-order chi connectivity index (χ0) is 12.0. The molecule has 1 heterocycles. The predicted octanol–water partition coefficient (Wildman–Crippen LogP) is 3.25. The van der Waals surface area contributed by atoms with Gasteiger partial charge in [-0.2, -0.15) is 13.2 Å². The molecule has 0 aromatic heterocycles. The minimum Gasteiger partial charge on any atom is -0.276 e. The summed E-state index contributed by atoms with van der Waals surface area (Å²) < 4.78 is 37.8. The standard InChI is InChI=1S/C9H4ClF3N2O/c10-7(16)5-2-1-3-6(4-5)8(14-15-8)9(11,12)13/h1-4H. The van der Waals surface area contributed by atoms with Crippen molar-refractivity contribution in [1.82, 2.24) is 0 Å². The molecule has 0 atom stereocenters. The van der Waals surface area contributed by atoms with E-state index < -0.39 is 17.1 Å². The van der Waals surface area contributed by atoms with Crippen LogP contribution in [0.3, 0.4) is 0 Å². The summed E-state index contributed by atoms with van der Waals surface area (Å²) in [7, 11) is 0. The molecule has 1 aliphatic heterocycles. The number of alkyl halides is 3. The van der Waals surface area contributed by atoms with Crippen LogP contribution in [0.2, 0.25) is 0 Å². The third-order valence-electron chi connectivity index (χ3n) is 2.19. The summed E-state index contributed by atoms with van der Waals surface area (Å²) in [5.41, 5.74) is -2.72. The van der Waals surface area contributed by atoms with Crippen molar-refractivity contribution in [2.75, 3.05) is 0 Å². The SMILES string of the molecule is O=C(Cl)c1cccc(C2(C(F)(F)F)N=N2)c1. The zero-order valence-corrected chi connectivity index (χ0v) is 8.38. The number of nitrogens with zero attached hydrogens (tertiary/aromatic N) is 2. The van der Waals surface area contributed by atoms with E-state index in [9.17, 15) is 18.0 Å². The number of hydrogen-bond donors (Lipinski definition) is 0. The summed E-state index contributed by atoms with van der Waals surface area (Å²) in [6.45, 7) is 0. The fourth-order valence-corrected chi connectivity index (χ4v) is 1.42.